The number of aromatic nitrogens is 2. The average Bonchev–Trinajstić information content (AvgIpc) is 3.20. The summed E-state index contributed by atoms with van der Waals surface area (Å²) in [6.07, 6.45) is 2.24. The van der Waals surface area contributed by atoms with Gasteiger partial charge in [0, 0.05) is 24.6 Å². The zero-order valence-corrected chi connectivity index (χ0v) is 21.0. The number of amides is 2. The highest BCUT2D eigenvalue weighted by Crippen LogP contribution is 2.26. The van der Waals surface area contributed by atoms with E-state index in [0.29, 0.717) is 18.8 Å². The molecule has 3 rings (SSSR count). The van der Waals surface area contributed by atoms with Gasteiger partial charge in [0.25, 0.3) is 0 Å². The molecule has 1 heterocycles. The van der Waals surface area contributed by atoms with Gasteiger partial charge in [-0.15, -0.1) is 0 Å². The molecule has 0 aliphatic heterocycles. The number of aryl methyl sites for hydroxylation is 2. The Hall–Kier alpha value is -3.41. The van der Waals surface area contributed by atoms with Crippen LogP contribution in [0.3, 0.4) is 0 Å². The molecule has 180 valence electrons. The molecular weight excluding hydrogens is 424 g/mol. The lowest BCUT2D eigenvalue weighted by atomic mass is 10.1. The van der Waals surface area contributed by atoms with Crippen molar-refractivity contribution in [3.05, 3.63) is 65.7 Å². The predicted molar refractivity (Wildman–Crippen MR) is 138 cm³/mol. The molecule has 0 saturated heterocycles. The SMILES string of the molecule is CCCCC(=O)N(CC(=O)Nc1cc(-c2ccccc2)nn1-c1ccc(C)cc1C)CC(C)C. The zero-order chi connectivity index (χ0) is 24.7. The molecule has 6 heteroatoms. The second kappa shape index (κ2) is 11.6. The van der Waals surface area contributed by atoms with Gasteiger partial charge in [-0.25, -0.2) is 4.68 Å². The van der Waals surface area contributed by atoms with Crippen LogP contribution < -0.4 is 5.32 Å². The molecular formula is C28H36N4O2. The van der Waals surface area contributed by atoms with E-state index in [4.69, 9.17) is 5.10 Å². The van der Waals surface area contributed by atoms with Gasteiger partial charge in [-0.3, -0.25) is 9.59 Å². The third-order valence-electron chi connectivity index (χ3n) is 5.64. The maximum atomic E-state index is 13.1. The maximum Gasteiger partial charge on any atom is 0.245 e. The molecule has 0 radical (unpaired) electrons. The minimum absolute atomic E-state index is 0.0264. The van der Waals surface area contributed by atoms with Crippen molar-refractivity contribution in [1.29, 1.82) is 0 Å². The van der Waals surface area contributed by atoms with Crippen LogP contribution in [-0.2, 0) is 9.59 Å². The molecule has 34 heavy (non-hydrogen) atoms. The highest BCUT2D eigenvalue weighted by molar-refractivity contribution is 5.94. The Labute approximate surface area is 203 Å². The van der Waals surface area contributed by atoms with Crippen molar-refractivity contribution in [2.75, 3.05) is 18.4 Å². The van der Waals surface area contributed by atoms with E-state index < -0.39 is 0 Å². The Morgan fingerprint density at radius 1 is 1.06 bits per heavy atom. The van der Waals surface area contributed by atoms with Crippen LogP contribution in [0.4, 0.5) is 5.82 Å². The first-order chi connectivity index (χ1) is 16.3. The van der Waals surface area contributed by atoms with E-state index in [1.807, 2.05) is 55.5 Å². The Morgan fingerprint density at radius 2 is 1.79 bits per heavy atom. The van der Waals surface area contributed by atoms with Crippen molar-refractivity contribution in [2.45, 2.75) is 53.9 Å². The number of unbranched alkanes of at least 4 members (excludes halogenated alkanes) is 1. The largest absolute Gasteiger partial charge is 0.333 e. The Balaban J connectivity index is 1.90. The molecule has 0 spiro atoms. The van der Waals surface area contributed by atoms with Gasteiger partial charge in [0.05, 0.1) is 17.9 Å². The first kappa shape index (κ1) is 25.2. The second-order valence-corrected chi connectivity index (χ2v) is 9.30. The van der Waals surface area contributed by atoms with Crippen LogP contribution in [-0.4, -0.2) is 39.6 Å². The lowest BCUT2D eigenvalue weighted by Crippen LogP contribution is -2.40. The van der Waals surface area contributed by atoms with E-state index >= 15 is 0 Å². The van der Waals surface area contributed by atoms with Gasteiger partial charge in [-0.05, 0) is 37.8 Å². The minimum atomic E-state index is -0.226. The van der Waals surface area contributed by atoms with Crippen LogP contribution in [0.2, 0.25) is 0 Å². The third kappa shape index (κ3) is 6.56. The fraction of sp³-hybridized carbons (Fsp3) is 0.393. The van der Waals surface area contributed by atoms with Gasteiger partial charge < -0.3 is 10.2 Å². The summed E-state index contributed by atoms with van der Waals surface area (Å²) in [5.74, 6) is 0.666. The van der Waals surface area contributed by atoms with Crippen molar-refractivity contribution in [3.8, 4) is 16.9 Å². The van der Waals surface area contributed by atoms with Crippen LogP contribution in [0, 0.1) is 19.8 Å². The van der Waals surface area contributed by atoms with Gasteiger partial charge in [-0.2, -0.15) is 5.10 Å². The lowest BCUT2D eigenvalue weighted by molar-refractivity contribution is -0.135. The van der Waals surface area contributed by atoms with E-state index in [0.717, 1.165) is 40.9 Å². The summed E-state index contributed by atoms with van der Waals surface area (Å²) in [6, 6.07) is 17.9. The number of carbonyl (C=O) groups is 2. The molecule has 0 bridgehead atoms. The first-order valence-corrected chi connectivity index (χ1v) is 12.1. The summed E-state index contributed by atoms with van der Waals surface area (Å²) >= 11 is 0. The van der Waals surface area contributed by atoms with Crippen molar-refractivity contribution in [2.24, 2.45) is 5.92 Å². The highest BCUT2D eigenvalue weighted by atomic mass is 16.2. The Kier molecular flexibility index (Phi) is 8.63. The van der Waals surface area contributed by atoms with E-state index in [1.165, 1.54) is 0 Å². The smallest absolute Gasteiger partial charge is 0.245 e. The number of carbonyl (C=O) groups excluding carboxylic acids is 2. The number of hydrogen-bond acceptors (Lipinski definition) is 3. The molecule has 2 amide bonds. The number of rotatable bonds is 10. The molecule has 1 N–H and O–H groups in total. The predicted octanol–water partition coefficient (Wildman–Crippen LogP) is 5.77. The fourth-order valence-electron chi connectivity index (χ4n) is 3.98. The number of nitrogens with zero attached hydrogens (tertiary/aromatic N) is 3. The van der Waals surface area contributed by atoms with E-state index in [2.05, 4.69) is 39.1 Å². The van der Waals surface area contributed by atoms with Gasteiger partial charge in [-0.1, -0.05) is 75.2 Å². The summed E-state index contributed by atoms with van der Waals surface area (Å²) in [7, 11) is 0. The van der Waals surface area contributed by atoms with E-state index in [-0.39, 0.29) is 24.3 Å². The van der Waals surface area contributed by atoms with Crippen LogP contribution in [0.15, 0.2) is 54.6 Å². The van der Waals surface area contributed by atoms with Crippen molar-refractivity contribution >= 4 is 17.6 Å². The third-order valence-corrected chi connectivity index (χ3v) is 5.64. The topological polar surface area (TPSA) is 67.2 Å². The van der Waals surface area contributed by atoms with Crippen LogP contribution in [0.1, 0.15) is 51.2 Å². The minimum Gasteiger partial charge on any atom is -0.333 e. The van der Waals surface area contributed by atoms with Gasteiger partial charge >= 0.3 is 0 Å². The van der Waals surface area contributed by atoms with Gasteiger partial charge in [0.1, 0.15) is 5.82 Å². The summed E-state index contributed by atoms with van der Waals surface area (Å²) in [6.45, 7) is 10.8. The van der Waals surface area contributed by atoms with Gasteiger partial charge in [0.15, 0.2) is 0 Å². The second-order valence-electron chi connectivity index (χ2n) is 9.30. The Morgan fingerprint density at radius 3 is 2.44 bits per heavy atom. The molecule has 0 atom stereocenters. The van der Waals surface area contributed by atoms with Crippen molar-refractivity contribution in [1.82, 2.24) is 14.7 Å². The van der Waals surface area contributed by atoms with Crippen LogP contribution in [0.25, 0.3) is 16.9 Å². The normalized spacial score (nSPS) is 11.0. The fourth-order valence-corrected chi connectivity index (χ4v) is 3.98. The molecule has 0 unspecified atom stereocenters. The first-order valence-electron chi connectivity index (χ1n) is 12.1. The quantitative estimate of drug-likeness (QED) is 0.418. The lowest BCUT2D eigenvalue weighted by Gasteiger charge is -2.24. The van der Waals surface area contributed by atoms with Crippen molar-refractivity contribution in [3.63, 3.8) is 0 Å². The van der Waals surface area contributed by atoms with Crippen LogP contribution in [0.5, 0.6) is 0 Å². The van der Waals surface area contributed by atoms with E-state index in [9.17, 15) is 9.59 Å². The molecule has 1 aromatic heterocycles. The highest BCUT2D eigenvalue weighted by Gasteiger charge is 2.20. The summed E-state index contributed by atoms with van der Waals surface area (Å²) in [4.78, 5) is 27.5. The maximum absolute atomic E-state index is 13.1. The number of anilines is 1. The molecule has 0 aliphatic rings. The zero-order valence-electron chi connectivity index (χ0n) is 21.0. The molecule has 0 fully saturated rings. The van der Waals surface area contributed by atoms with E-state index in [1.54, 1.807) is 9.58 Å². The molecule has 2 aromatic carbocycles. The summed E-state index contributed by atoms with van der Waals surface area (Å²) in [5, 5.41) is 7.84. The van der Waals surface area contributed by atoms with Gasteiger partial charge in [0.2, 0.25) is 11.8 Å². The molecule has 6 nitrogen and oxygen atoms in total. The molecule has 3 aromatic rings. The van der Waals surface area contributed by atoms with Crippen molar-refractivity contribution < 1.29 is 9.59 Å². The molecule has 0 saturated carbocycles. The summed E-state index contributed by atoms with van der Waals surface area (Å²) in [5.41, 5.74) is 4.87. The molecule has 0 aliphatic carbocycles. The summed E-state index contributed by atoms with van der Waals surface area (Å²) < 4.78 is 1.78. The standard InChI is InChI=1S/C28H36N4O2/c1-6-7-13-28(34)31(18-20(2)3)19-27(33)29-26-17-24(23-11-9-8-10-12-23)30-32(26)25-15-14-21(4)16-22(25)5/h8-12,14-17,20H,6-7,13,18-19H2,1-5H3,(H,29,33). The monoisotopic (exact) mass is 460 g/mol. The average molecular weight is 461 g/mol. The number of nitrogens with one attached hydrogen (secondary N) is 1. The number of hydrogen-bond donors (Lipinski definition) is 1. The Bertz CT molecular complexity index is 1120. The van der Waals surface area contributed by atoms with Crippen LogP contribution >= 0.6 is 0 Å². The number of benzene rings is 2.